The van der Waals surface area contributed by atoms with Gasteiger partial charge in [0.25, 0.3) is 0 Å². The quantitative estimate of drug-likeness (QED) is 0.352. The normalized spacial score (nSPS) is 35.7. The molecule has 6 nitrogen and oxygen atoms in total. The van der Waals surface area contributed by atoms with Gasteiger partial charge in [0, 0.05) is 18.8 Å². The zero-order valence-corrected chi connectivity index (χ0v) is 18.9. The highest BCUT2D eigenvalue weighted by Gasteiger charge is 2.67. The topological polar surface area (TPSA) is 115 Å². The summed E-state index contributed by atoms with van der Waals surface area (Å²) in [5.41, 5.74) is -1.10. The number of ketones is 1. The summed E-state index contributed by atoms with van der Waals surface area (Å²) in [4.78, 5) is 24.5. The van der Waals surface area contributed by atoms with Crippen LogP contribution in [0.5, 0.6) is 0 Å². The fourth-order valence-corrected chi connectivity index (χ4v) is 5.89. The molecule has 170 valence electrons. The first-order valence-corrected chi connectivity index (χ1v) is 10.9. The Hall–Kier alpha value is -1.50. The zero-order valence-electron chi connectivity index (χ0n) is 18.9. The Bertz CT molecular complexity index is 721. The van der Waals surface area contributed by atoms with Crippen LogP contribution in [0.25, 0.3) is 0 Å². The average Bonchev–Trinajstić information content (AvgIpc) is 2.61. The molecule has 2 unspecified atom stereocenters. The smallest absolute Gasteiger partial charge is 0.303 e. The van der Waals surface area contributed by atoms with E-state index in [1.165, 1.54) is 0 Å². The van der Waals surface area contributed by atoms with E-state index in [0.29, 0.717) is 12.8 Å². The first-order valence-electron chi connectivity index (χ1n) is 10.9. The number of aliphatic carboxylic acids is 1. The van der Waals surface area contributed by atoms with Gasteiger partial charge in [-0.15, -0.1) is 6.58 Å². The van der Waals surface area contributed by atoms with Crippen LogP contribution in [-0.4, -0.2) is 44.1 Å². The van der Waals surface area contributed by atoms with Crippen LogP contribution in [0.2, 0.25) is 0 Å². The van der Waals surface area contributed by atoms with Gasteiger partial charge < -0.3 is 20.4 Å². The van der Waals surface area contributed by atoms with Gasteiger partial charge in [0.1, 0.15) is 11.9 Å². The predicted octanol–water partition coefficient (Wildman–Crippen LogP) is 3.31. The van der Waals surface area contributed by atoms with Crippen LogP contribution in [0.1, 0.15) is 66.7 Å². The van der Waals surface area contributed by atoms with Crippen molar-refractivity contribution in [3.8, 4) is 0 Å². The van der Waals surface area contributed by atoms with E-state index in [2.05, 4.69) is 6.58 Å². The summed E-state index contributed by atoms with van der Waals surface area (Å²) in [6.07, 6.45) is 3.91. The number of Topliss-reactive ketones (excluding diaryl/α,β-unsaturated/α-hetero) is 1. The molecule has 0 aromatic rings. The van der Waals surface area contributed by atoms with Gasteiger partial charge in [-0.25, -0.2) is 0 Å². The molecule has 2 rings (SSSR count). The number of hydrogen-bond acceptors (Lipinski definition) is 5. The van der Waals surface area contributed by atoms with Crippen molar-refractivity contribution < 1.29 is 30.0 Å². The third-order valence-corrected chi connectivity index (χ3v) is 7.63. The van der Waals surface area contributed by atoms with Gasteiger partial charge in [-0.05, 0) is 49.4 Å². The SMILES string of the molecule is C=C[C@@H](C)CC(=O)[C@H]1[C@@H](C)C(CCCC(=O)O)C=C2C(C)(C)CC(O)C(O)(O)[C@@]21C. The second-order valence-electron chi connectivity index (χ2n) is 10.3. The van der Waals surface area contributed by atoms with Crippen LogP contribution in [0.4, 0.5) is 0 Å². The number of hydrogen-bond donors (Lipinski definition) is 4. The Morgan fingerprint density at radius 1 is 1.30 bits per heavy atom. The second kappa shape index (κ2) is 8.56. The predicted molar refractivity (Wildman–Crippen MR) is 114 cm³/mol. The van der Waals surface area contributed by atoms with Crippen LogP contribution < -0.4 is 0 Å². The van der Waals surface area contributed by atoms with E-state index in [9.17, 15) is 24.9 Å². The molecule has 6 heteroatoms. The molecule has 2 aliphatic carbocycles. The summed E-state index contributed by atoms with van der Waals surface area (Å²) in [5, 5.41) is 41.9. The molecule has 0 bridgehead atoms. The largest absolute Gasteiger partial charge is 0.481 e. The van der Waals surface area contributed by atoms with Crippen LogP contribution >= 0.6 is 0 Å². The van der Waals surface area contributed by atoms with Gasteiger partial charge >= 0.3 is 5.97 Å². The number of rotatable bonds is 8. The molecule has 0 aromatic heterocycles. The molecule has 0 aliphatic heterocycles. The molecular formula is C24H38O6. The lowest BCUT2D eigenvalue weighted by Crippen LogP contribution is -2.68. The molecule has 0 radical (unpaired) electrons. The van der Waals surface area contributed by atoms with Crippen LogP contribution in [0.15, 0.2) is 24.3 Å². The molecule has 0 saturated heterocycles. The van der Waals surface area contributed by atoms with E-state index < -0.39 is 34.6 Å². The maximum absolute atomic E-state index is 13.5. The minimum absolute atomic E-state index is 0.0502. The highest BCUT2D eigenvalue weighted by atomic mass is 16.5. The van der Waals surface area contributed by atoms with Gasteiger partial charge in [0.15, 0.2) is 5.79 Å². The zero-order chi connectivity index (χ0) is 23.1. The van der Waals surface area contributed by atoms with E-state index in [1.807, 2.05) is 33.8 Å². The van der Waals surface area contributed by atoms with Crippen molar-refractivity contribution in [1.82, 2.24) is 0 Å². The van der Waals surface area contributed by atoms with Crippen molar-refractivity contribution in [2.24, 2.45) is 34.5 Å². The van der Waals surface area contributed by atoms with Crippen molar-refractivity contribution in [1.29, 1.82) is 0 Å². The summed E-state index contributed by atoms with van der Waals surface area (Å²) >= 11 is 0. The number of carboxylic acids is 1. The number of aliphatic hydroxyl groups excluding tert-OH is 1. The summed E-state index contributed by atoms with van der Waals surface area (Å²) in [7, 11) is 0. The van der Waals surface area contributed by atoms with E-state index in [4.69, 9.17) is 5.11 Å². The molecule has 1 saturated carbocycles. The highest BCUT2D eigenvalue weighted by Crippen LogP contribution is 2.63. The molecule has 2 aliphatic rings. The third-order valence-electron chi connectivity index (χ3n) is 7.63. The standard InChI is InChI=1S/C24H38O6/c1-7-14(2)11-17(25)21-15(3)16(9-8-10-20(27)28)12-18-22(4,5)13-19(26)24(29,30)23(18,21)6/h7,12,14-16,19,21,26,29-30H,1,8-11,13H2,2-6H3,(H,27,28)/t14-,15+,16?,19?,21-,23+/m1/s1. The van der Waals surface area contributed by atoms with Crippen molar-refractivity contribution >= 4 is 11.8 Å². The van der Waals surface area contributed by atoms with E-state index in [0.717, 1.165) is 5.57 Å². The number of carbonyl (C=O) groups is 2. The fraction of sp³-hybridized carbons (Fsp3) is 0.750. The van der Waals surface area contributed by atoms with Gasteiger partial charge in [-0.3, -0.25) is 9.59 Å². The Labute approximate surface area is 179 Å². The Balaban J connectivity index is 2.59. The second-order valence-corrected chi connectivity index (χ2v) is 10.3. The number of aliphatic hydroxyl groups is 3. The minimum Gasteiger partial charge on any atom is -0.481 e. The minimum atomic E-state index is -2.44. The van der Waals surface area contributed by atoms with Crippen molar-refractivity contribution in [3.63, 3.8) is 0 Å². The van der Waals surface area contributed by atoms with E-state index in [1.54, 1.807) is 13.0 Å². The van der Waals surface area contributed by atoms with Gasteiger partial charge in [-0.2, -0.15) is 0 Å². The molecule has 30 heavy (non-hydrogen) atoms. The third kappa shape index (κ3) is 4.14. The summed E-state index contributed by atoms with van der Waals surface area (Å²) in [6.45, 7) is 13.2. The lowest BCUT2D eigenvalue weighted by Gasteiger charge is -2.61. The lowest BCUT2D eigenvalue weighted by atomic mass is 9.45. The Kier molecular flexibility index (Phi) is 7.07. The lowest BCUT2D eigenvalue weighted by molar-refractivity contribution is -0.313. The molecule has 4 N–H and O–H groups in total. The number of carboxylic acid groups (broad SMARTS) is 1. The molecular weight excluding hydrogens is 384 g/mol. The first-order chi connectivity index (χ1) is 13.7. The summed E-state index contributed by atoms with van der Waals surface area (Å²) in [6, 6.07) is 0. The van der Waals surface area contributed by atoms with Crippen molar-refractivity contribution in [3.05, 3.63) is 24.3 Å². The molecule has 0 aromatic carbocycles. The number of allylic oxidation sites excluding steroid dienone is 2. The molecule has 1 fully saturated rings. The van der Waals surface area contributed by atoms with Gasteiger partial charge in [0.2, 0.25) is 0 Å². The molecule has 0 amide bonds. The van der Waals surface area contributed by atoms with Crippen LogP contribution in [0, 0.1) is 34.5 Å². The van der Waals surface area contributed by atoms with Crippen molar-refractivity contribution in [2.45, 2.75) is 78.6 Å². The first kappa shape index (κ1) is 24.8. The summed E-state index contributed by atoms with van der Waals surface area (Å²) in [5.74, 6) is -4.41. The van der Waals surface area contributed by atoms with Gasteiger partial charge in [-0.1, -0.05) is 45.4 Å². The molecule has 6 atom stereocenters. The van der Waals surface area contributed by atoms with Gasteiger partial charge in [0.05, 0.1) is 5.41 Å². The Morgan fingerprint density at radius 2 is 1.90 bits per heavy atom. The maximum atomic E-state index is 13.5. The molecule has 0 spiro atoms. The number of carbonyl (C=O) groups excluding carboxylic acids is 1. The molecule has 0 heterocycles. The van der Waals surface area contributed by atoms with Crippen LogP contribution in [-0.2, 0) is 9.59 Å². The average molecular weight is 423 g/mol. The highest BCUT2D eigenvalue weighted by molar-refractivity contribution is 5.84. The van der Waals surface area contributed by atoms with Crippen LogP contribution in [0.3, 0.4) is 0 Å². The number of fused-ring (bicyclic) bond motifs is 1. The maximum Gasteiger partial charge on any atom is 0.303 e. The van der Waals surface area contributed by atoms with Crippen molar-refractivity contribution in [2.75, 3.05) is 0 Å². The summed E-state index contributed by atoms with van der Waals surface area (Å²) < 4.78 is 0. The van der Waals surface area contributed by atoms with E-state index >= 15 is 0 Å². The fourth-order valence-electron chi connectivity index (χ4n) is 5.89. The van der Waals surface area contributed by atoms with E-state index in [-0.39, 0.29) is 42.8 Å². The monoisotopic (exact) mass is 422 g/mol. The Morgan fingerprint density at radius 3 is 2.43 bits per heavy atom.